The predicted octanol–water partition coefficient (Wildman–Crippen LogP) is 3.63. The van der Waals surface area contributed by atoms with Gasteiger partial charge in [-0.1, -0.05) is 29.8 Å². The van der Waals surface area contributed by atoms with Crippen molar-refractivity contribution in [3.05, 3.63) is 63.0 Å². The molecule has 0 aliphatic carbocycles. The van der Waals surface area contributed by atoms with Gasteiger partial charge in [0.15, 0.2) is 0 Å². The number of nitrogens with two attached hydrogens (primary N) is 1. The van der Waals surface area contributed by atoms with E-state index in [1.807, 2.05) is 28.8 Å². The van der Waals surface area contributed by atoms with Crippen LogP contribution in [0.3, 0.4) is 0 Å². The molecule has 1 aliphatic rings. The molecule has 10 nitrogen and oxygen atoms in total. The minimum Gasteiger partial charge on any atom is -0.435 e. The number of aromatic nitrogens is 2. The molecule has 3 aromatic rings. The van der Waals surface area contributed by atoms with E-state index in [0.29, 0.717) is 29.0 Å². The quantitative estimate of drug-likeness (QED) is 0.360. The SMILES string of the molecule is CCOC(=O)OC(C)OC(=O)c1cc2cc(N3CCC[C@@H](N)C3)n(Cc3ccccc3Cl)c2c(=O)[nH]1. The van der Waals surface area contributed by atoms with Gasteiger partial charge in [0.1, 0.15) is 17.0 Å². The van der Waals surface area contributed by atoms with Gasteiger partial charge >= 0.3 is 12.1 Å². The maximum Gasteiger partial charge on any atom is 0.511 e. The molecule has 0 radical (unpaired) electrons. The van der Waals surface area contributed by atoms with Gasteiger partial charge in [-0.3, -0.25) is 4.79 Å². The van der Waals surface area contributed by atoms with Gasteiger partial charge < -0.3 is 34.4 Å². The van der Waals surface area contributed by atoms with Crippen molar-refractivity contribution < 1.29 is 23.8 Å². The topological polar surface area (TPSA) is 129 Å². The van der Waals surface area contributed by atoms with Gasteiger partial charge in [0, 0.05) is 36.5 Å². The van der Waals surface area contributed by atoms with Crippen LogP contribution in [0, 0.1) is 0 Å². The maximum atomic E-state index is 13.2. The first-order chi connectivity index (χ1) is 17.3. The van der Waals surface area contributed by atoms with Gasteiger partial charge in [0.05, 0.1) is 13.2 Å². The zero-order valence-electron chi connectivity index (χ0n) is 20.2. The number of pyridine rings is 1. The second-order valence-corrected chi connectivity index (χ2v) is 9.03. The fourth-order valence-electron chi connectivity index (χ4n) is 4.37. The van der Waals surface area contributed by atoms with E-state index in [1.165, 1.54) is 6.92 Å². The van der Waals surface area contributed by atoms with Gasteiger partial charge in [-0.25, -0.2) is 9.59 Å². The smallest absolute Gasteiger partial charge is 0.435 e. The number of aromatic amines is 1. The summed E-state index contributed by atoms with van der Waals surface area (Å²) < 4.78 is 16.6. The minimum absolute atomic E-state index is 0.0234. The van der Waals surface area contributed by atoms with Gasteiger partial charge in [-0.15, -0.1) is 0 Å². The van der Waals surface area contributed by atoms with Crippen LogP contribution in [0.1, 0.15) is 42.7 Å². The highest BCUT2D eigenvalue weighted by atomic mass is 35.5. The average molecular weight is 517 g/mol. The van der Waals surface area contributed by atoms with E-state index in [2.05, 4.69) is 14.6 Å². The van der Waals surface area contributed by atoms with Crippen molar-refractivity contribution >= 4 is 40.4 Å². The molecule has 2 atom stereocenters. The highest BCUT2D eigenvalue weighted by molar-refractivity contribution is 6.31. The molecule has 11 heteroatoms. The Hall–Kier alpha value is -3.50. The molecule has 1 aromatic carbocycles. The normalized spacial score (nSPS) is 16.6. The third kappa shape index (κ3) is 5.66. The molecule has 3 N–H and O–H groups in total. The number of rotatable bonds is 7. The van der Waals surface area contributed by atoms with E-state index >= 15 is 0 Å². The van der Waals surface area contributed by atoms with Crippen LogP contribution in [0.4, 0.5) is 10.6 Å². The zero-order chi connectivity index (χ0) is 25.8. The lowest BCUT2D eigenvalue weighted by molar-refractivity contribution is -0.0814. The number of halogens is 1. The van der Waals surface area contributed by atoms with Crippen LogP contribution >= 0.6 is 11.6 Å². The number of hydrogen-bond donors (Lipinski definition) is 2. The van der Waals surface area contributed by atoms with Gasteiger partial charge in [0.25, 0.3) is 5.56 Å². The summed E-state index contributed by atoms with van der Waals surface area (Å²) in [6.07, 6.45) is -0.293. The molecule has 0 saturated carbocycles. The highest BCUT2D eigenvalue weighted by Crippen LogP contribution is 2.29. The van der Waals surface area contributed by atoms with Crippen molar-refractivity contribution in [2.75, 3.05) is 24.6 Å². The van der Waals surface area contributed by atoms with Crippen LogP contribution in [0.5, 0.6) is 0 Å². The Morgan fingerprint density at radius 3 is 2.75 bits per heavy atom. The third-order valence-electron chi connectivity index (χ3n) is 5.95. The van der Waals surface area contributed by atoms with E-state index in [-0.39, 0.29) is 18.3 Å². The Morgan fingerprint density at radius 1 is 1.25 bits per heavy atom. The molecule has 0 amide bonds. The Bertz CT molecular complexity index is 1320. The number of benzene rings is 1. The van der Waals surface area contributed by atoms with Crippen molar-refractivity contribution in [1.82, 2.24) is 9.55 Å². The Kier molecular flexibility index (Phi) is 7.85. The minimum atomic E-state index is -1.20. The largest absolute Gasteiger partial charge is 0.511 e. The van der Waals surface area contributed by atoms with Crippen LogP contribution in [0.25, 0.3) is 10.9 Å². The van der Waals surface area contributed by atoms with Crippen molar-refractivity contribution in [1.29, 1.82) is 0 Å². The molecule has 4 rings (SSSR count). The molecule has 2 aromatic heterocycles. The predicted molar refractivity (Wildman–Crippen MR) is 136 cm³/mol. The Morgan fingerprint density at radius 2 is 2.03 bits per heavy atom. The third-order valence-corrected chi connectivity index (χ3v) is 6.32. The first-order valence-electron chi connectivity index (χ1n) is 11.8. The summed E-state index contributed by atoms with van der Waals surface area (Å²) in [5.74, 6) is -0.0266. The van der Waals surface area contributed by atoms with E-state index in [4.69, 9.17) is 26.8 Å². The summed E-state index contributed by atoms with van der Waals surface area (Å²) in [4.78, 5) is 42.2. The Balaban J connectivity index is 1.70. The first-order valence-corrected chi connectivity index (χ1v) is 12.2. The molecule has 1 aliphatic heterocycles. The fourth-order valence-corrected chi connectivity index (χ4v) is 4.56. The molecular formula is C25H29ClN4O6. The van der Waals surface area contributed by atoms with Crippen molar-refractivity contribution in [2.45, 2.75) is 45.6 Å². The standard InChI is InChI=1S/C25H29ClN4O6/c1-3-34-25(33)36-15(2)35-24(32)20-11-17-12-21(29-10-6-8-18(27)14-29)30(22(17)23(31)28-20)13-16-7-4-5-9-19(16)26/h4-5,7,9,11-12,15,18H,3,6,8,10,13-14,27H2,1-2H3,(H,28,31)/t15?,18-/m1/s1. The number of piperidine rings is 1. The summed E-state index contributed by atoms with van der Waals surface area (Å²) in [5.41, 5.74) is 6.96. The molecule has 36 heavy (non-hydrogen) atoms. The number of carbonyl (C=O) groups is 2. The number of nitrogens with zero attached hydrogens (tertiary/aromatic N) is 2. The summed E-state index contributed by atoms with van der Waals surface area (Å²) in [7, 11) is 0. The lowest BCUT2D eigenvalue weighted by atomic mass is 10.1. The van der Waals surface area contributed by atoms with E-state index in [9.17, 15) is 14.4 Å². The monoisotopic (exact) mass is 516 g/mol. The lowest BCUT2D eigenvalue weighted by Crippen LogP contribution is -2.43. The zero-order valence-corrected chi connectivity index (χ0v) is 20.9. The second kappa shape index (κ2) is 11.0. The number of hydrogen-bond acceptors (Lipinski definition) is 8. The molecule has 0 bridgehead atoms. The molecule has 3 heterocycles. The van der Waals surface area contributed by atoms with Crippen LogP contribution < -0.4 is 16.2 Å². The number of ether oxygens (including phenoxy) is 3. The van der Waals surface area contributed by atoms with E-state index < -0.39 is 24.0 Å². The number of anilines is 1. The molecule has 192 valence electrons. The number of esters is 1. The van der Waals surface area contributed by atoms with Crippen LogP contribution in [0.15, 0.2) is 41.2 Å². The van der Waals surface area contributed by atoms with Crippen molar-refractivity contribution in [2.24, 2.45) is 5.73 Å². The van der Waals surface area contributed by atoms with Gasteiger partial charge in [-0.05, 0) is 43.5 Å². The van der Waals surface area contributed by atoms with Gasteiger partial charge in [-0.2, -0.15) is 0 Å². The number of carbonyl (C=O) groups excluding carboxylic acids is 2. The van der Waals surface area contributed by atoms with Crippen LogP contribution in [-0.4, -0.2) is 53.7 Å². The molecule has 1 saturated heterocycles. The first kappa shape index (κ1) is 25.6. The number of nitrogens with one attached hydrogen (secondary N) is 1. The Labute approximate surface area is 212 Å². The fraction of sp³-hybridized carbons (Fsp3) is 0.400. The summed E-state index contributed by atoms with van der Waals surface area (Å²) in [6.45, 7) is 4.93. The number of H-pyrrole nitrogens is 1. The maximum absolute atomic E-state index is 13.2. The van der Waals surface area contributed by atoms with Gasteiger partial charge in [0.2, 0.25) is 6.29 Å². The van der Waals surface area contributed by atoms with Crippen molar-refractivity contribution in [3.8, 4) is 0 Å². The highest BCUT2D eigenvalue weighted by Gasteiger charge is 2.25. The average Bonchev–Trinajstić information content (AvgIpc) is 3.19. The number of fused-ring (bicyclic) bond motifs is 1. The van der Waals surface area contributed by atoms with Crippen LogP contribution in [-0.2, 0) is 20.8 Å². The summed E-state index contributed by atoms with van der Waals surface area (Å²) in [5, 5.41) is 1.15. The lowest BCUT2D eigenvalue weighted by Gasteiger charge is -2.33. The van der Waals surface area contributed by atoms with Crippen LogP contribution in [0.2, 0.25) is 5.02 Å². The molecule has 1 unspecified atom stereocenters. The molecular weight excluding hydrogens is 488 g/mol. The van der Waals surface area contributed by atoms with E-state index in [0.717, 1.165) is 30.8 Å². The van der Waals surface area contributed by atoms with Crippen molar-refractivity contribution in [3.63, 3.8) is 0 Å². The second-order valence-electron chi connectivity index (χ2n) is 8.62. The summed E-state index contributed by atoms with van der Waals surface area (Å²) >= 11 is 6.43. The molecule has 1 fully saturated rings. The van der Waals surface area contributed by atoms with E-state index in [1.54, 1.807) is 19.1 Å². The summed E-state index contributed by atoms with van der Waals surface area (Å²) in [6, 6.07) is 10.9. The molecule has 0 spiro atoms.